The number of nitrogens with one attached hydrogen (secondary N) is 1. The minimum Gasteiger partial charge on any atom is -0.484 e. The molecular weight excluding hydrogens is 282 g/mol. The Labute approximate surface area is 129 Å². The maximum absolute atomic E-state index is 11.7. The molecule has 1 N–H and O–H groups in total. The van der Waals surface area contributed by atoms with Crippen LogP contribution in [0.2, 0.25) is 0 Å². The number of ketones is 1. The normalized spacial score (nSPS) is 10.2. The molecule has 0 unspecified atom stereocenters. The smallest absolute Gasteiger partial charge is 0.257 e. The van der Waals surface area contributed by atoms with Gasteiger partial charge in [0.2, 0.25) is 0 Å². The summed E-state index contributed by atoms with van der Waals surface area (Å²) in [7, 11) is 0. The lowest BCUT2D eigenvalue weighted by Gasteiger charge is -2.08. The van der Waals surface area contributed by atoms with E-state index in [1.807, 2.05) is 10.8 Å². The van der Waals surface area contributed by atoms with Gasteiger partial charge in [-0.05, 0) is 25.5 Å². The van der Waals surface area contributed by atoms with Gasteiger partial charge in [0.15, 0.2) is 12.4 Å². The van der Waals surface area contributed by atoms with Crippen molar-refractivity contribution >= 4 is 11.7 Å². The highest BCUT2D eigenvalue weighted by atomic mass is 16.5. The Morgan fingerprint density at radius 2 is 2.23 bits per heavy atom. The summed E-state index contributed by atoms with van der Waals surface area (Å²) in [5, 5.41) is 2.79. The van der Waals surface area contributed by atoms with E-state index in [-0.39, 0.29) is 18.3 Å². The Morgan fingerprint density at radius 3 is 2.95 bits per heavy atom. The largest absolute Gasteiger partial charge is 0.484 e. The third-order valence-electron chi connectivity index (χ3n) is 3.08. The summed E-state index contributed by atoms with van der Waals surface area (Å²) in [5.41, 5.74) is 0.568. The van der Waals surface area contributed by atoms with Gasteiger partial charge in [-0.15, -0.1) is 0 Å². The van der Waals surface area contributed by atoms with Crippen LogP contribution in [0.4, 0.5) is 0 Å². The topological polar surface area (TPSA) is 73.2 Å². The Kier molecular flexibility index (Phi) is 5.71. The number of hydrogen-bond acceptors (Lipinski definition) is 4. The molecule has 116 valence electrons. The second-order valence-electron chi connectivity index (χ2n) is 4.88. The maximum Gasteiger partial charge on any atom is 0.257 e. The van der Waals surface area contributed by atoms with E-state index in [2.05, 4.69) is 10.3 Å². The zero-order chi connectivity index (χ0) is 15.8. The van der Waals surface area contributed by atoms with E-state index in [1.54, 1.807) is 36.8 Å². The number of hydrogen-bond donors (Lipinski definition) is 1. The lowest BCUT2D eigenvalue weighted by molar-refractivity contribution is -0.123. The van der Waals surface area contributed by atoms with Gasteiger partial charge < -0.3 is 14.6 Å². The van der Waals surface area contributed by atoms with Gasteiger partial charge in [0.25, 0.3) is 5.91 Å². The molecule has 1 amide bonds. The first-order chi connectivity index (χ1) is 10.6. The molecule has 0 spiro atoms. The Morgan fingerprint density at radius 1 is 1.36 bits per heavy atom. The zero-order valence-electron chi connectivity index (χ0n) is 12.5. The van der Waals surface area contributed by atoms with E-state index < -0.39 is 0 Å². The minimum absolute atomic E-state index is 0.0330. The highest BCUT2D eigenvalue weighted by Gasteiger charge is 2.04. The zero-order valence-corrected chi connectivity index (χ0v) is 12.5. The molecule has 6 heteroatoms. The summed E-state index contributed by atoms with van der Waals surface area (Å²) < 4.78 is 7.34. The molecule has 0 saturated carbocycles. The number of ether oxygens (including phenoxy) is 1. The molecular formula is C16H19N3O3. The van der Waals surface area contributed by atoms with Crippen molar-refractivity contribution in [2.24, 2.45) is 0 Å². The molecule has 0 atom stereocenters. The molecule has 6 nitrogen and oxygen atoms in total. The van der Waals surface area contributed by atoms with E-state index in [1.165, 1.54) is 6.92 Å². The number of Topliss-reactive ketones (excluding diaryl/α,β-unsaturated/α-hetero) is 1. The van der Waals surface area contributed by atoms with Crippen LogP contribution in [-0.2, 0) is 11.3 Å². The van der Waals surface area contributed by atoms with Gasteiger partial charge in [0, 0.05) is 31.0 Å². The number of benzene rings is 1. The monoisotopic (exact) mass is 301 g/mol. The first-order valence-electron chi connectivity index (χ1n) is 7.11. The average Bonchev–Trinajstić information content (AvgIpc) is 3.03. The van der Waals surface area contributed by atoms with E-state index in [0.717, 1.165) is 13.0 Å². The van der Waals surface area contributed by atoms with Gasteiger partial charge in [-0.2, -0.15) is 0 Å². The van der Waals surface area contributed by atoms with Gasteiger partial charge in [-0.1, -0.05) is 12.1 Å². The van der Waals surface area contributed by atoms with Crippen molar-refractivity contribution < 1.29 is 14.3 Å². The van der Waals surface area contributed by atoms with Gasteiger partial charge >= 0.3 is 0 Å². The van der Waals surface area contributed by atoms with E-state index in [9.17, 15) is 9.59 Å². The van der Waals surface area contributed by atoms with Gasteiger partial charge in [-0.3, -0.25) is 9.59 Å². The van der Waals surface area contributed by atoms with Crippen LogP contribution in [0.3, 0.4) is 0 Å². The SMILES string of the molecule is CC(=O)c1cccc(OCC(=O)NCCCn2ccnc2)c1. The van der Waals surface area contributed by atoms with Crippen LogP contribution in [-0.4, -0.2) is 34.4 Å². The van der Waals surface area contributed by atoms with Crippen LogP contribution in [0.25, 0.3) is 0 Å². The molecule has 0 bridgehead atoms. The molecule has 0 radical (unpaired) electrons. The number of rotatable bonds is 8. The van der Waals surface area contributed by atoms with Crippen LogP contribution in [0.5, 0.6) is 5.75 Å². The van der Waals surface area contributed by atoms with E-state index >= 15 is 0 Å². The second kappa shape index (κ2) is 7.97. The number of imidazole rings is 1. The van der Waals surface area contributed by atoms with E-state index in [0.29, 0.717) is 17.9 Å². The van der Waals surface area contributed by atoms with Crippen LogP contribution in [0.15, 0.2) is 43.0 Å². The highest BCUT2D eigenvalue weighted by molar-refractivity contribution is 5.94. The molecule has 22 heavy (non-hydrogen) atoms. The van der Waals surface area contributed by atoms with Crippen LogP contribution in [0.1, 0.15) is 23.7 Å². The number of carbonyl (C=O) groups excluding carboxylic acids is 2. The third-order valence-corrected chi connectivity index (χ3v) is 3.08. The summed E-state index contributed by atoms with van der Waals surface area (Å²) in [6.07, 6.45) is 6.17. The van der Waals surface area contributed by atoms with Crippen molar-refractivity contribution in [3.8, 4) is 5.75 Å². The summed E-state index contributed by atoms with van der Waals surface area (Å²) in [6.45, 7) is 2.81. The molecule has 1 heterocycles. The molecule has 0 aliphatic rings. The second-order valence-corrected chi connectivity index (χ2v) is 4.88. The molecule has 1 aromatic carbocycles. The maximum atomic E-state index is 11.7. The molecule has 0 fully saturated rings. The quantitative estimate of drug-likeness (QED) is 0.594. The minimum atomic E-state index is -0.182. The molecule has 2 rings (SSSR count). The van der Waals surface area contributed by atoms with Gasteiger partial charge in [0.05, 0.1) is 6.33 Å². The van der Waals surface area contributed by atoms with Crippen LogP contribution < -0.4 is 10.1 Å². The third kappa shape index (κ3) is 5.05. The Balaban J connectivity index is 1.67. The number of aromatic nitrogens is 2. The Hall–Kier alpha value is -2.63. The summed E-state index contributed by atoms with van der Waals surface area (Å²) in [4.78, 5) is 26.9. The van der Waals surface area contributed by atoms with Gasteiger partial charge in [0.1, 0.15) is 5.75 Å². The predicted octanol–water partition coefficient (Wildman–Crippen LogP) is 1.67. The summed E-state index contributed by atoms with van der Waals surface area (Å²) in [6, 6.07) is 6.80. The number of carbonyl (C=O) groups is 2. The van der Waals surface area contributed by atoms with Crippen molar-refractivity contribution in [3.05, 3.63) is 48.5 Å². The summed E-state index contributed by atoms with van der Waals surface area (Å²) >= 11 is 0. The van der Waals surface area contributed by atoms with Crippen molar-refractivity contribution in [2.45, 2.75) is 19.9 Å². The van der Waals surface area contributed by atoms with Gasteiger partial charge in [-0.25, -0.2) is 4.98 Å². The Bertz CT molecular complexity index is 623. The number of nitrogens with zero attached hydrogens (tertiary/aromatic N) is 2. The standard InChI is InChI=1S/C16H19N3O3/c1-13(20)14-4-2-5-15(10-14)22-11-16(21)18-6-3-8-19-9-7-17-12-19/h2,4-5,7,9-10,12H,3,6,8,11H2,1H3,(H,18,21). The molecule has 0 aliphatic heterocycles. The fraction of sp³-hybridized carbons (Fsp3) is 0.312. The highest BCUT2D eigenvalue weighted by Crippen LogP contribution is 2.13. The first kappa shape index (κ1) is 15.8. The lowest BCUT2D eigenvalue weighted by Crippen LogP contribution is -2.30. The fourth-order valence-electron chi connectivity index (χ4n) is 1.91. The summed E-state index contributed by atoms with van der Waals surface area (Å²) in [5.74, 6) is 0.300. The molecule has 0 saturated heterocycles. The molecule has 2 aromatic rings. The van der Waals surface area contributed by atoms with Crippen LogP contribution >= 0.6 is 0 Å². The molecule has 0 aliphatic carbocycles. The fourth-order valence-corrected chi connectivity index (χ4v) is 1.91. The first-order valence-corrected chi connectivity index (χ1v) is 7.11. The van der Waals surface area contributed by atoms with Crippen molar-refractivity contribution in [1.29, 1.82) is 0 Å². The average molecular weight is 301 g/mol. The number of aryl methyl sites for hydroxylation is 1. The number of amides is 1. The van der Waals surface area contributed by atoms with Crippen LogP contribution in [0, 0.1) is 0 Å². The van der Waals surface area contributed by atoms with Crippen molar-refractivity contribution in [1.82, 2.24) is 14.9 Å². The predicted molar refractivity (Wildman–Crippen MR) is 81.8 cm³/mol. The van der Waals surface area contributed by atoms with Crippen molar-refractivity contribution in [3.63, 3.8) is 0 Å². The van der Waals surface area contributed by atoms with Crippen molar-refractivity contribution in [2.75, 3.05) is 13.2 Å². The molecule has 1 aromatic heterocycles. The lowest BCUT2D eigenvalue weighted by atomic mass is 10.1. The van der Waals surface area contributed by atoms with E-state index in [4.69, 9.17) is 4.74 Å².